The fourth-order valence-corrected chi connectivity index (χ4v) is 2.18. The van der Waals surface area contributed by atoms with Crippen molar-refractivity contribution in [3.63, 3.8) is 0 Å². The first-order valence-electron chi connectivity index (χ1n) is 5.76. The van der Waals surface area contributed by atoms with Gasteiger partial charge >= 0.3 is 0 Å². The van der Waals surface area contributed by atoms with Gasteiger partial charge in [0.15, 0.2) is 0 Å². The monoisotopic (exact) mass is 207 g/mol. The second-order valence-electron chi connectivity index (χ2n) is 4.50. The van der Waals surface area contributed by atoms with Crippen LogP contribution in [0.2, 0.25) is 0 Å². The molecule has 0 heterocycles. The maximum atomic E-state index is 13.2. The van der Waals surface area contributed by atoms with Gasteiger partial charge in [-0.25, -0.2) is 4.39 Å². The minimum Gasteiger partial charge on any atom is -0.385 e. The Morgan fingerprint density at radius 2 is 2.07 bits per heavy atom. The van der Waals surface area contributed by atoms with Crippen LogP contribution in [0.3, 0.4) is 0 Å². The van der Waals surface area contributed by atoms with E-state index in [-0.39, 0.29) is 5.82 Å². The summed E-state index contributed by atoms with van der Waals surface area (Å²) < 4.78 is 13.2. The fraction of sp³-hybridized carbons (Fsp3) is 0.538. The Morgan fingerprint density at radius 1 is 1.33 bits per heavy atom. The van der Waals surface area contributed by atoms with E-state index in [1.807, 2.05) is 12.1 Å². The van der Waals surface area contributed by atoms with Crippen LogP contribution < -0.4 is 5.32 Å². The topological polar surface area (TPSA) is 12.0 Å². The van der Waals surface area contributed by atoms with Crippen molar-refractivity contribution in [1.29, 1.82) is 0 Å². The predicted octanol–water partition coefficient (Wildman–Crippen LogP) is 3.74. The summed E-state index contributed by atoms with van der Waals surface area (Å²) in [5.74, 6) is 0.667. The van der Waals surface area contributed by atoms with Crippen LogP contribution >= 0.6 is 0 Å². The molecule has 82 valence electrons. The van der Waals surface area contributed by atoms with Gasteiger partial charge in [-0.15, -0.1) is 0 Å². The molecule has 2 rings (SSSR count). The third-order valence-corrected chi connectivity index (χ3v) is 3.24. The van der Waals surface area contributed by atoms with Crippen LogP contribution in [0.4, 0.5) is 10.1 Å². The lowest BCUT2D eigenvalue weighted by atomic mass is 10.1. The molecule has 1 fully saturated rings. The maximum Gasteiger partial charge on any atom is 0.128 e. The first-order chi connectivity index (χ1) is 7.25. The lowest BCUT2D eigenvalue weighted by Gasteiger charge is -2.12. The molecule has 0 saturated heterocycles. The van der Waals surface area contributed by atoms with Gasteiger partial charge in [-0.1, -0.05) is 18.9 Å². The number of hydrogen-bond donors (Lipinski definition) is 1. The van der Waals surface area contributed by atoms with Gasteiger partial charge in [0.2, 0.25) is 0 Å². The fourth-order valence-electron chi connectivity index (χ4n) is 2.18. The Kier molecular flexibility index (Phi) is 3.24. The van der Waals surface area contributed by atoms with Gasteiger partial charge in [0, 0.05) is 12.2 Å². The third kappa shape index (κ3) is 2.71. The quantitative estimate of drug-likeness (QED) is 0.796. The molecule has 2 heteroatoms. The van der Waals surface area contributed by atoms with Gasteiger partial charge in [0.05, 0.1) is 0 Å². The van der Waals surface area contributed by atoms with Crippen molar-refractivity contribution in [1.82, 2.24) is 0 Å². The minimum atomic E-state index is -0.119. The van der Waals surface area contributed by atoms with Crippen molar-refractivity contribution >= 4 is 5.69 Å². The van der Waals surface area contributed by atoms with Crippen LogP contribution in [0.15, 0.2) is 18.2 Å². The summed E-state index contributed by atoms with van der Waals surface area (Å²) in [5.41, 5.74) is 1.62. The van der Waals surface area contributed by atoms with Crippen molar-refractivity contribution in [3.8, 4) is 0 Å². The zero-order valence-corrected chi connectivity index (χ0v) is 9.22. The minimum absolute atomic E-state index is 0.119. The van der Waals surface area contributed by atoms with Gasteiger partial charge in [-0.05, 0) is 43.4 Å². The molecule has 0 radical (unpaired) electrons. The molecule has 0 aromatic heterocycles. The SMILES string of the molecule is Cc1ccc(NCC2CCCC2)cc1F. The normalized spacial score (nSPS) is 16.9. The molecule has 1 N–H and O–H groups in total. The molecule has 1 aliphatic rings. The molecule has 0 spiro atoms. The summed E-state index contributed by atoms with van der Waals surface area (Å²) in [7, 11) is 0. The number of anilines is 1. The third-order valence-electron chi connectivity index (χ3n) is 3.24. The van der Waals surface area contributed by atoms with Gasteiger partial charge in [0.25, 0.3) is 0 Å². The first-order valence-corrected chi connectivity index (χ1v) is 5.76. The van der Waals surface area contributed by atoms with Crippen molar-refractivity contribution in [2.24, 2.45) is 5.92 Å². The van der Waals surface area contributed by atoms with E-state index in [0.717, 1.165) is 18.2 Å². The molecule has 0 amide bonds. The number of benzene rings is 1. The van der Waals surface area contributed by atoms with Crippen LogP contribution in [-0.2, 0) is 0 Å². The number of aryl methyl sites for hydroxylation is 1. The summed E-state index contributed by atoms with van der Waals surface area (Å²) in [6.45, 7) is 2.78. The summed E-state index contributed by atoms with van der Waals surface area (Å²) in [4.78, 5) is 0. The highest BCUT2D eigenvalue weighted by Crippen LogP contribution is 2.25. The molecule has 1 aliphatic carbocycles. The Hall–Kier alpha value is -1.05. The molecule has 1 saturated carbocycles. The average Bonchev–Trinajstić information content (AvgIpc) is 2.73. The van der Waals surface area contributed by atoms with Gasteiger partial charge in [-0.3, -0.25) is 0 Å². The average molecular weight is 207 g/mol. The Morgan fingerprint density at radius 3 is 2.73 bits per heavy atom. The number of rotatable bonds is 3. The van der Waals surface area contributed by atoms with E-state index in [1.165, 1.54) is 25.7 Å². The second-order valence-corrected chi connectivity index (χ2v) is 4.50. The molecule has 1 aromatic rings. The number of hydrogen-bond acceptors (Lipinski definition) is 1. The molecule has 0 aliphatic heterocycles. The molecule has 1 aromatic carbocycles. The summed E-state index contributed by atoms with van der Waals surface area (Å²) in [6.07, 6.45) is 5.35. The molecule has 1 nitrogen and oxygen atoms in total. The van der Waals surface area contributed by atoms with E-state index in [9.17, 15) is 4.39 Å². The lowest BCUT2D eigenvalue weighted by Crippen LogP contribution is -2.10. The summed E-state index contributed by atoms with van der Waals surface area (Å²) in [5, 5.41) is 3.31. The molecule has 15 heavy (non-hydrogen) atoms. The highest BCUT2D eigenvalue weighted by atomic mass is 19.1. The van der Waals surface area contributed by atoms with Crippen LogP contribution in [0.1, 0.15) is 31.2 Å². The summed E-state index contributed by atoms with van der Waals surface area (Å²) >= 11 is 0. The van der Waals surface area contributed by atoms with E-state index in [0.29, 0.717) is 5.56 Å². The molecule has 0 atom stereocenters. The highest BCUT2D eigenvalue weighted by molar-refractivity contribution is 5.45. The molecular weight excluding hydrogens is 189 g/mol. The lowest BCUT2D eigenvalue weighted by molar-refractivity contribution is 0.578. The van der Waals surface area contributed by atoms with Crippen molar-refractivity contribution in [3.05, 3.63) is 29.6 Å². The Balaban J connectivity index is 1.90. The maximum absolute atomic E-state index is 13.2. The van der Waals surface area contributed by atoms with Gasteiger partial charge < -0.3 is 5.32 Å². The molecular formula is C13H18FN. The van der Waals surface area contributed by atoms with E-state index >= 15 is 0 Å². The van der Waals surface area contributed by atoms with Crippen molar-refractivity contribution in [2.75, 3.05) is 11.9 Å². The van der Waals surface area contributed by atoms with E-state index in [2.05, 4.69) is 5.32 Å². The van der Waals surface area contributed by atoms with Crippen LogP contribution in [0.5, 0.6) is 0 Å². The van der Waals surface area contributed by atoms with Crippen LogP contribution in [0.25, 0.3) is 0 Å². The first kappa shape index (κ1) is 10.5. The molecule has 0 bridgehead atoms. The van der Waals surface area contributed by atoms with E-state index in [4.69, 9.17) is 0 Å². The number of halogens is 1. The predicted molar refractivity (Wildman–Crippen MR) is 61.6 cm³/mol. The van der Waals surface area contributed by atoms with Crippen molar-refractivity contribution < 1.29 is 4.39 Å². The zero-order chi connectivity index (χ0) is 10.7. The standard InChI is InChI=1S/C13H18FN/c1-10-6-7-12(8-13(10)14)15-9-11-4-2-3-5-11/h6-8,11,15H,2-5,9H2,1H3. The Labute approximate surface area is 90.7 Å². The zero-order valence-electron chi connectivity index (χ0n) is 9.22. The van der Waals surface area contributed by atoms with Crippen LogP contribution in [0, 0.1) is 18.7 Å². The molecule has 0 unspecified atom stereocenters. The second kappa shape index (κ2) is 4.65. The van der Waals surface area contributed by atoms with Crippen LogP contribution in [-0.4, -0.2) is 6.54 Å². The number of nitrogens with one attached hydrogen (secondary N) is 1. The van der Waals surface area contributed by atoms with Crippen molar-refractivity contribution in [2.45, 2.75) is 32.6 Å². The van der Waals surface area contributed by atoms with E-state index in [1.54, 1.807) is 13.0 Å². The largest absolute Gasteiger partial charge is 0.385 e. The summed E-state index contributed by atoms with van der Waals surface area (Å²) in [6, 6.07) is 5.37. The van der Waals surface area contributed by atoms with Gasteiger partial charge in [0.1, 0.15) is 5.82 Å². The Bertz CT molecular complexity index is 329. The van der Waals surface area contributed by atoms with E-state index < -0.39 is 0 Å². The smallest absolute Gasteiger partial charge is 0.128 e. The van der Waals surface area contributed by atoms with Gasteiger partial charge in [-0.2, -0.15) is 0 Å². The highest BCUT2D eigenvalue weighted by Gasteiger charge is 2.14.